The molecule has 1 aliphatic heterocycles. The standard InChI is InChI=1S/C7H10F2N2O2/c8-7(9)1-4(7)2-11-6(12)5(10)3-13-11/h4-5H,1-3,10H2. The summed E-state index contributed by atoms with van der Waals surface area (Å²) in [5, 5.41) is 0.955. The maximum atomic E-state index is 12.4. The second-order valence-corrected chi connectivity index (χ2v) is 3.46. The van der Waals surface area contributed by atoms with Crippen LogP contribution in [-0.2, 0) is 9.63 Å². The SMILES string of the molecule is NC1CON(CC2CC2(F)F)C1=O. The molecule has 0 aromatic carbocycles. The van der Waals surface area contributed by atoms with Gasteiger partial charge in [-0.2, -0.15) is 0 Å². The van der Waals surface area contributed by atoms with Crippen molar-refractivity contribution in [2.75, 3.05) is 13.2 Å². The second-order valence-electron chi connectivity index (χ2n) is 3.46. The lowest BCUT2D eigenvalue weighted by Gasteiger charge is -2.12. The van der Waals surface area contributed by atoms with Gasteiger partial charge in [0, 0.05) is 12.3 Å². The fourth-order valence-corrected chi connectivity index (χ4v) is 1.30. The van der Waals surface area contributed by atoms with E-state index in [-0.39, 0.29) is 19.6 Å². The molecule has 2 N–H and O–H groups in total. The van der Waals surface area contributed by atoms with Crippen LogP contribution in [0, 0.1) is 5.92 Å². The Balaban J connectivity index is 1.87. The number of hydrogen-bond acceptors (Lipinski definition) is 3. The largest absolute Gasteiger partial charge is 0.318 e. The molecule has 0 bridgehead atoms. The van der Waals surface area contributed by atoms with Crippen molar-refractivity contribution in [3.05, 3.63) is 0 Å². The molecule has 2 rings (SSSR count). The Bertz CT molecular complexity index is 247. The van der Waals surface area contributed by atoms with E-state index >= 15 is 0 Å². The van der Waals surface area contributed by atoms with E-state index in [0.29, 0.717) is 0 Å². The van der Waals surface area contributed by atoms with Crippen molar-refractivity contribution in [2.24, 2.45) is 11.7 Å². The van der Waals surface area contributed by atoms with Gasteiger partial charge in [0.05, 0.1) is 13.2 Å². The molecular formula is C7H10F2N2O2. The maximum absolute atomic E-state index is 12.4. The summed E-state index contributed by atoms with van der Waals surface area (Å²) in [6, 6.07) is -0.688. The van der Waals surface area contributed by atoms with Gasteiger partial charge in [-0.05, 0) is 0 Å². The molecule has 4 nitrogen and oxygen atoms in total. The number of amides is 1. The maximum Gasteiger partial charge on any atom is 0.265 e. The Hall–Kier alpha value is -0.750. The molecule has 13 heavy (non-hydrogen) atoms. The van der Waals surface area contributed by atoms with Gasteiger partial charge in [-0.25, -0.2) is 13.8 Å². The van der Waals surface area contributed by atoms with E-state index < -0.39 is 23.8 Å². The third-order valence-electron chi connectivity index (χ3n) is 2.31. The summed E-state index contributed by atoms with van der Waals surface area (Å²) in [5.41, 5.74) is 5.33. The van der Waals surface area contributed by atoms with Gasteiger partial charge in [0.15, 0.2) is 0 Å². The number of nitrogens with two attached hydrogens (primary N) is 1. The van der Waals surface area contributed by atoms with Crippen LogP contribution in [0.1, 0.15) is 6.42 Å². The second kappa shape index (κ2) is 2.62. The monoisotopic (exact) mass is 192 g/mol. The summed E-state index contributed by atoms with van der Waals surface area (Å²) >= 11 is 0. The number of alkyl halides is 2. The molecule has 2 fully saturated rings. The summed E-state index contributed by atoms with van der Waals surface area (Å²) in [6.07, 6.45) is -0.157. The van der Waals surface area contributed by atoms with Crippen LogP contribution in [0.2, 0.25) is 0 Å². The van der Waals surface area contributed by atoms with Crippen molar-refractivity contribution in [1.82, 2.24) is 5.06 Å². The van der Waals surface area contributed by atoms with Gasteiger partial charge >= 0.3 is 0 Å². The van der Waals surface area contributed by atoms with E-state index in [9.17, 15) is 13.6 Å². The number of hydrogen-bond donors (Lipinski definition) is 1. The molecular weight excluding hydrogens is 182 g/mol. The number of nitrogens with zero attached hydrogens (tertiary/aromatic N) is 1. The zero-order chi connectivity index (χ0) is 9.64. The molecule has 1 saturated carbocycles. The van der Waals surface area contributed by atoms with Crippen molar-refractivity contribution < 1.29 is 18.4 Å². The van der Waals surface area contributed by atoms with E-state index in [1.54, 1.807) is 0 Å². The summed E-state index contributed by atoms with van der Waals surface area (Å²) in [5.74, 6) is -3.76. The predicted octanol–water partition coefficient (Wildman–Crippen LogP) is -0.257. The minimum absolute atomic E-state index is 0.0421. The molecule has 0 aromatic heterocycles. The molecule has 2 aliphatic rings. The molecule has 74 valence electrons. The molecule has 0 spiro atoms. The third-order valence-corrected chi connectivity index (χ3v) is 2.31. The Morgan fingerprint density at radius 1 is 1.69 bits per heavy atom. The van der Waals surface area contributed by atoms with Crippen LogP contribution in [0.15, 0.2) is 0 Å². The molecule has 1 amide bonds. The molecule has 1 heterocycles. The van der Waals surface area contributed by atoms with Gasteiger partial charge in [-0.15, -0.1) is 0 Å². The van der Waals surface area contributed by atoms with E-state index in [1.165, 1.54) is 0 Å². The van der Waals surface area contributed by atoms with Crippen molar-refractivity contribution >= 4 is 5.91 Å². The highest BCUT2D eigenvalue weighted by atomic mass is 19.3. The van der Waals surface area contributed by atoms with Gasteiger partial charge in [-0.1, -0.05) is 0 Å². The smallest absolute Gasteiger partial charge is 0.265 e. The third kappa shape index (κ3) is 1.51. The first-order chi connectivity index (χ1) is 6.00. The van der Waals surface area contributed by atoms with E-state index in [0.717, 1.165) is 5.06 Å². The first-order valence-corrected chi connectivity index (χ1v) is 4.08. The Labute approximate surface area is 73.6 Å². The summed E-state index contributed by atoms with van der Waals surface area (Å²) in [7, 11) is 0. The lowest BCUT2D eigenvalue weighted by Crippen LogP contribution is -2.35. The minimum atomic E-state index is -2.61. The normalized spacial score (nSPS) is 36.8. The van der Waals surface area contributed by atoms with Crippen LogP contribution >= 0.6 is 0 Å². The molecule has 0 aromatic rings. The first kappa shape index (κ1) is 8.83. The average Bonchev–Trinajstić information content (AvgIpc) is 2.53. The van der Waals surface area contributed by atoms with Gasteiger partial charge in [0.25, 0.3) is 11.8 Å². The zero-order valence-electron chi connectivity index (χ0n) is 6.87. The quantitative estimate of drug-likeness (QED) is 0.656. The lowest BCUT2D eigenvalue weighted by molar-refractivity contribution is -0.164. The Kier molecular flexibility index (Phi) is 1.78. The topological polar surface area (TPSA) is 55.6 Å². The summed E-state index contributed by atoms with van der Waals surface area (Å²) in [6.45, 7) is 0.0522. The number of hydroxylamine groups is 2. The van der Waals surface area contributed by atoms with Gasteiger partial charge in [0.2, 0.25) is 0 Å². The fraction of sp³-hybridized carbons (Fsp3) is 0.857. The van der Waals surface area contributed by atoms with Gasteiger partial charge in [-0.3, -0.25) is 9.63 Å². The van der Waals surface area contributed by atoms with Crippen LogP contribution in [-0.4, -0.2) is 36.1 Å². The van der Waals surface area contributed by atoms with Crippen molar-refractivity contribution in [2.45, 2.75) is 18.4 Å². The molecule has 1 aliphatic carbocycles. The highest BCUT2D eigenvalue weighted by Crippen LogP contribution is 2.49. The average molecular weight is 192 g/mol. The predicted molar refractivity (Wildman–Crippen MR) is 38.7 cm³/mol. The zero-order valence-corrected chi connectivity index (χ0v) is 6.87. The molecule has 2 atom stereocenters. The molecule has 0 radical (unpaired) electrons. The van der Waals surface area contributed by atoms with Gasteiger partial charge < -0.3 is 5.73 Å². The molecule has 2 unspecified atom stereocenters. The highest BCUT2D eigenvalue weighted by molar-refractivity contribution is 5.82. The molecule has 1 saturated heterocycles. The number of halogens is 2. The van der Waals surface area contributed by atoms with E-state index in [1.807, 2.05) is 0 Å². The van der Waals surface area contributed by atoms with Crippen LogP contribution in [0.25, 0.3) is 0 Å². The Morgan fingerprint density at radius 2 is 2.31 bits per heavy atom. The van der Waals surface area contributed by atoms with Crippen molar-refractivity contribution in [1.29, 1.82) is 0 Å². The minimum Gasteiger partial charge on any atom is -0.318 e. The van der Waals surface area contributed by atoms with Crippen LogP contribution in [0.5, 0.6) is 0 Å². The van der Waals surface area contributed by atoms with Gasteiger partial charge in [0.1, 0.15) is 6.04 Å². The van der Waals surface area contributed by atoms with Crippen LogP contribution in [0.3, 0.4) is 0 Å². The number of rotatable bonds is 2. The van der Waals surface area contributed by atoms with Crippen molar-refractivity contribution in [3.63, 3.8) is 0 Å². The van der Waals surface area contributed by atoms with Crippen molar-refractivity contribution in [3.8, 4) is 0 Å². The summed E-state index contributed by atoms with van der Waals surface area (Å²) in [4.78, 5) is 16.0. The van der Waals surface area contributed by atoms with Crippen LogP contribution < -0.4 is 5.73 Å². The van der Waals surface area contributed by atoms with E-state index in [2.05, 4.69) is 0 Å². The first-order valence-electron chi connectivity index (χ1n) is 4.08. The van der Waals surface area contributed by atoms with E-state index in [4.69, 9.17) is 10.6 Å². The Morgan fingerprint density at radius 3 is 2.69 bits per heavy atom. The molecule has 6 heteroatoms. The summed E-state index contributed by atoms with van der Waals surface area (Å²) < 4.78 is 24.9. The highest BCUT2D eigenvalue weighted by Gasteiger charge is 2.58. The van der Waals surface area contributed by atoms with Crippen LogP contribution in [0.4, 0.5) is 8.78 Å². The number of carbonyl (C=O) groups is 1. The lowest BCUT2D eigenvalue weighted by atomic mass is 10.3. The number of carbonyl (C=O) groups excluding carboxylic acids is 1. The fourth-order valence-electron chi connectivity index (χ4n) is 1.30.